The maximum atomic E-state index is 9.14. The van der Waals surface area contributed by atoms with E-state index >= 15 is 0 Å². The fourth-order valence-corrected chi connectivity index (χ4v) is 11.6. The van der Waals surface area contributed by atoms with Gasteiger partial charge in [-0.25, -0.2) is 4.98 Å². The highest BCUT2D eigenvalue weighted by atomic mass is 127. The molecular formula is C90H71BBr2ClIN2O12. The summed E-state index contributed by atoms with van der Waals surface area (Å²) in [4.78, 5) is 8.47. The molecule has 14 nitrogen and oxygen atoms in total. The van der Waals surface area contributed by atoms with Crippen molar-refractivity contribution >= 4 is 101 Å². The number of oxazole rings is 2. The lowest BCUT2D eigenvalue weighted by Crippen LogP contribution is -2.29. The van der Waals surface area contributed by atoms with Crippen LogP contribution in [0.2, 0.25) is 5.35 Å². The highest BCUT2D eigenvalue weighted by molar-refractivity contribution is 14.1. The van der Waals surface area contributed by atoms with E-state index in [0.717, 1.165) is 133 Å². The van der Waals surface area contributed by atoms with Gasteiger partial charge in [-0.3, -0.25) is 0 Å². The van der Waals surface area contributed by atoms with E-state index in [0.29, 0.717) is 17.1 Å². The van der Waals surface area contributed by atoms with Crippen molar-refractivity contribution in [2.24, 2.45) is 0 Å². The van der Waals surface area contributed by atoms with Crippen LogP contribution in [0.25, 0.3) is 78.2 Å². The first-order chi connectivity index (χ1) is 53.1. The molecule has 0 atom stereocenters. The Kier molecular flexibility index (Phi) is 28.7. The number of hydrogen-bond donors (Lipinski definition) is 3. The summed E-state index contributed by atoms with van der Waals surface area (Å²) < 4.78 is 52.2. The van der Waals surface area contributed by atoms with Crippen LogP contribution in [0.15, 0.2) is 357 Å². The van der Waals surface area contributed by atoms with Crippen molar-refractivity contribution in [3.8, 4) is 119 Å². The Labute approximate surface area is 667 Å². The van der Waals surface area contributed by atoms with Crippen molar-refractivity contribution in [2.45, 2.75) is 0 Å². The van der Waals surface area contributed by atoms with Gasteiger partial charge in [0.05, 0.1) is 28.4 Å². The molecule has 0 bridgehead atoms. The summed E-state index contributed by atoms with van der Waals surface area (Å²) in [5.41, 5.74) is 13.5. The van der Waals surface area contributed by atoms with E-state index in [1.807, 2.05) is 279 Å². The molecule has 109 heavy (non-hydrogen) atoms. The Morgan fingerprint density at radius 3 is 0.890 bits per heavy atom. The predicted molar refractivity (Wildman–Crippen MR) is 451 cm³/mol. The van der Waals surface area contributed by atoms with Crippen LogP contribution >= 0.6 is 66.1 Å². The Bertz CT molecular complexity index is 5310. The van der Waals surface area contributed by atoms with Crippen molar-refractivity contribution < 1.29 is 57.1 Å². The second-order valence-electron chi connectivity index (χ2n) is 23.6. The molecule has 3 N–H and O–H groups in total. The van der Waals surface area contributed by atoms with Crippen molar-refractivity contribution in [1.82, 2.24) is 9.97 Å². The number of rotatable bonds is 16. The minimum absolute atomic E-state index is 0.196. The molecule has 0 unspecified atom stereocenters. The standard InChI is InChI=1S/C26H19NO3.C19H17BO4.C19H15BrO2.C12H9BrO.C7H4ClNO.C7H7IO/c1-28-21-14-16-23(17-15-21)29-22-12-10-19(11-13-22)18-6-8-20(9-7-18)26-27-24-4-2-3-5-25(24)30-26;1-23-17-10-12-19(13-11-17)24-18-8-4-15(5-9-18)14-2-6-16(7-3-14)20(21)22;1-21-17-10-12-19(13-11-17)22-18-8-4-15(5-9-18)14-2-6-16(20)7-3-14;13-11-5-1-9(2-6-11)10-3-7-12(14)8-4-10;8-7-9-5-3-1-2-4-6(5)10-7;1-9-7-4-2-6(8)3-5-7/h2-17H,1H3;2-13,21-22H,1H3;2-13H,1H3;1-8,14H;1-4H;2-5H,1H3. The van der Waals surface area contributed by atoms with Crippen molar-refractivity contribution in [3.05, 3.63) is 358 Å². The summed E-state index contributed by atoms with van der Waals surface area (Å²) >= 11 is 14.6. The van der Waals surface area contributed by atoms with E-state index in [9.17, 15) is 0 Å². The molecule has 16 aromatic rings. The molecule has 16 rings (SSSR count). The van der Waals surface area contributed by atoms with E-state index in [1.54, 1.807) is 52.7 Å². The summed E-state index contributed by atoms with van der Waals surface area (Å²) in [5, 5.41) is 27.6. The number of phenols is 1. The zero-order chi connectivity index (χ0) is 76.3. The third kappa shape index (κ3) is 23.7. The Morgan fingerprint density at radius 2 is 0.569 bits per heavy atom. The molecule has 0 radical (unpaired) electrons. The number of halogens is 4. The molecule has 0 saturated carbocycles. The van der Waals surface area contributed by atoms with Crippen LogP contribution in [0.1, 0.15) is 0 Å². The number of benzene rings is 14. The van der Waals surface area contributed by atoms with Gasteiger partial charge in [-0.1, -0.05) is 165 Å². The molecule has 0 aliphatic rings. The number of aromatic hydroxyl groups is 1. The molecule has 0 saturated heterocycles. The second-order valence-corrected chi connectivity index (χ2v) is 27.0. The van der Waals surface area contributed by atoms with Gasteiger partial charge >= 0.3 is 7.12 Å². The highest BCUT2D eigenvalue weighted by Crippen LogP contribution is 2.34. The van der Waals surface area contributed by atoms with Crippen LogP contribution in [-0.2, 0) is 0 Å². The van der Waals surface area contributed by atoms with Gasteiger partial charge in [0.25, 0.3) is 5.35 Å². The third-order valence-electron chi connectivity index (χ3n) is 16.3. The van der Waals surface area contributed by atoms with Crippen molar-refractivity contribution in [3.63, 3.8) is 0 Å². The summed E-state index contributed by atoms with van der Waals surface area (Å²) in [6, 6.07) is 108. The van der Waals surface area contributed by atoms with E-state index in [4.69, 9.17) is 68.7 Å². The van der Waals surface area contributed by atoms with Crippen LogP contribution < -0.4 is 38.6 Å². The van der Waals surface area contributed by atoms with Crippen LogP contribution in [-0.4, -0.2) is 60.7 Å². The van der Waals surface area contributed by atoms with Crippen LogP contribution in [0.3, 0.4) is 0 Å². The van der Waals surface area contributed by atoms with E-state index in [-0.39, 0.29) is 5.35 Å². The lowest BCUT2D eigenvalue weighted by Gasteiger charge is -2.08. The molecule has 544 valence electrons. The summed E-state index contributed by atoms with van der Waals surface area (Å²) in [6.07, 6.45) is 0. The molecule has 0 spiro atoms. The largest absolute Gasteiger partial charge is 0.508 e. The van der Waals surface area contributed by atoms with Crippen LogP contribution in [0, 0.1) is 3.57 Å². The van der Waals surface area contributed by atoms with Crippen molar-refractivity contribution in [2.75, 3.05) is 28.4 Å². The first-order valence-electron chi connectivity index (χ1n) is 33.9. The van der Waals surface area contributed by atoms with E-state index in [2.05, 4.69) is 101 Å². The van der Waals surface area contributed by atoms with E-state index in [1.165, 1.54) is 9.13 Å². The average molecular weight is 1710 g/mol. The normalized spacial score (nSPS) is 10.3. The van der Waals surface area contributed by atoms with Crippen LogP contribution in [0.4, 0.5) is 0 Å². The predicted octanol–water partition coefficient (Wildman–Crippen LogP) is 24.3. The van der Waals surface area contributed by atoms with Gasteiger partial charge in [-0.05, 0) is 290 Å². The summed E-state index contributed by atoms with van der Waals surface area (Å²) in [6.45, 7) is 0. The van der Waals surface area contributed by atoms with Gasteiger partial charge in [0.15, 0.2) is 11.2 Å². The minimum atomic E-state index is -1.45. The van der Waals surface area contributed by atoms with Gasteiger partial charge < -0.3 is 57.1 Å². The molecule has 14 aromatic carbocycles. The lowest BCUT2D eigenvalue weighted by atomic mass is 9.80. The maximum absolute atomic E-state index is 9.14. The highest BCUT2D eigenvalue weighted by Gasteiger charge is 2.12. The monoisotopic (exact) mass is 1700 g/mol. The number of fused-ring (bicyclic) bond motifs is 2. The molecule has 2 aromatic heterocycles. The van der Waals surface area contributed by atoms with E-state index < -0.39 is 7.12 Å². The molecule has 0 aliphatic carbocycles. The molecule has 0 fully saturated rings. The molecule has 0 amide bonds. The number of aromatic nitrogens is 2. The molecule has 19 heteroatoms. The summed E-state index contributed by atoms with van der Waals surface area (Å²) in [7, 11) is 5.15. The third-order valence-corrected chi connectivity index (χ3v) is 18.2. The average Bonchev–Trinajstić information content (AvgIpc) is 1.73. The maximum Gasteiger partial charge on any atom is 0.488 e. The topological polar surface area (TPSA) is 177 Å². The lowest BCUT2D eigenvalue weighted by molar-refractivity contribution is 0.413. The van der Waals surface area contributed by atoms with Crippen molar-refractivity contribution in [1.29, 1.82) is 0 Å². The molecular weight excluding hydrogens is 1630 g/mol. The smallest absolute Gasteiger partial charge is 0.488 e. The van der Waals surface area contributed by atoms with Gasteiger partial charge in [0, 0.05) is 18.1 Å². The number of phenolic OH excluding ortho intramolecular Hbond substituents is 1. The zero-order valence-corrected chi connectivity index (χ0v) is 65.4. The Hall–Kier alpha value is -11.6. The first-order valence-corrected chi connectivity index (χ1v) is 37.0. The van der Waals surface area contributed by atoms with Gasteiger partial charge in [0.1, 0.15) is 74.3 Å². The fraction of sp³-hybridized carbons (Fsp3) is 0.0444. The quantitative estimate of drug-likeness (QED) is 0.0615. The number of nitrogens with zero attached hydrogens (tertiary/aromatic N) is 2. The number of para-hydroxylation sites is 4. The van der Waals surface area contributed by atoms with Gasteiger partial charge in [0.2, 0.25) is 5.89 Å². The number of methoxy groups -OCH3 is 4. The Morgan fingerprint density at radius 1 is 0.312 bits per heavy atom. The number of hydrogen-bond acceptors (Lipinski definition) is 14. The van der Waals surface area contributed by atoms with Gasteiger partial charge in [-0.2, -0.15) is 4.98 Å². The number of ether oxygens (including phenoxy) is 7. The summed E-state index contributed by atoms with van der Waals surface area (Å²) in [5.74, 6) is 8.89. The van der Waals surface area contributed by atoms with Gasteiger partial charge in [-0.15, -0.1) is 0 Å². The fourth-order valence-electron chi connectivity index (χ4n) is 10.5. The zero-order valence-electron chi connectivity index (χ0n) is 59.3. The van der Waals surface area contributed by atoms with Crippen LogP contribution in [0.5, 0.6) is 63.2 Å². The Balaban J connectivity index is 0.000000136. The minimum Gasteiger partial charge on any atom is -0.508 e. The second kappa shape index (κ2) is 39.8. The first kappa shape index (κ1) is 78.5. The molecule has 0 aliphatic heterocycles. The molecule has 2 heterocycles. The SMILES string of the molecule is COc1ccc(I)cc1.COc1ccc(Oc2ccc(-c3ccc(-c4nc5ccccc5o4)cc3)cc2)cc1.COc1ccc(Oc2ccc(-c3ccc(B(O)O)cc3)cc2)cc1.COc1ccc(Oc2ccc(-c3ccc(Br)cc3)cc2)cc1.Clc1nc2ccccc2o1.Oc1ccc(-c2ccc(Br)cc2)cc1.